The van der Waals surface area contributed by atoms with Gasteiger partial charge in [-0.05, 0) is 18.6 Å². The first-order chi connectivity index (χ1) is 9.63. The lowest BCUT2D eigenvalue weighted by Gasteiger charge is -2.12. The van der Waals surface area contributed by atoms with Crippen LogP contribution in [0.2, 0.25) is 0 Å². The molecule has 1 aromatic carbocycles. The fraction of sp³-hybridized carbons (Fsp3) is 0.308. The molecule has 20 heavy (non-hydrogen) atoms. The Hall–Kier alpha value is -1.44. The maximum Gasteiger partial charge on any atom is 0.243 e. The number of hydrogen-bond donors (Lipinski definition) is 2. The van der Waals surface area contributed by atoms with Gasteiger partial charge in [0.1, 0.15) is 9.90 Å². The van der Waals surface area contributed by atoms with Gasteiger partial charge in [-0.2, -0.15) is 0 Å². The number of thiazole rings is 1. The number of nitrogens with one attached hydrogen (secondary N) is 2. The van der Waals surface area contributed by atoms with Gasteiger partial charge in [-0.3, -0.25) is 0 Å². The summed E-state index contributed by atoms with van der Waals surface area (Å²) in [7, 11) is -3.54. The molecule has 0 unspecified atom stereocenters. The van der Waals surface area contributed by atoms with E-state index in [1.807, 2.05) is 18.4 Å². The van der Waals surface area contributed by atoms with Crippen molar-refractivity contribution in [1.82, 2.24) is 9.71 Å². The van der Waals surface area contributed by atoms with E-state index in [0.717, 1.165) is 18.0 Å². The minimum absolute atomic E-state index is 0.210. The Morgan fingerprint density at radius 3 is 2.80 bits per heavy atom. The Morgan fingerprint density at radius 2 is 2.10 bits per heavy atom. The third-order valence-corrected chi connectivity index (χ3v) is 4.88. The summed E-state index contributed by atoms with van der Waals surface area (Å²) in [6.07, 6.45) is 2.59. The second kappa shape index (κ2) is 6.83. The molecule has 0 aliphatic rings. The quantitative estimate of drug-likeness (QED) is 0.824. The average molecular weight is 311 g/mol. The van der Waals surface area contributed by atoms with Crippen LogP contribution in [0.5, 0.6) is 0 Å². The zero-order chi connectivity index (χ0) is 14.4. The van der Waals surface area contributed by atoms with Crippen molar-refractivity contribution in [3.05, 3.63) is 40.8 Å². The number of nitrogens with zero attached hydrogens (tertiary/aromatic N) is 1. The number of para-hydroxylation sites is 1. The highest BCUT2D eigenvalue weighted by Gasteiger charge is 2.18. The monoisotopic (exact) mass is 311 g/mol. The van der Waals surface area contributed by atoms with E-state index in [0.29, 0.717) is 5.69 Å². The summed E-state index contributed by atoms with van der Waals surface area (Å²) in [5.41, 5.74) is 0.626. The predicted octanol–water partition coefficient (Wildman–Crippen LogP) is 2.44. The van der Waals surface area contributed by atoms with E-state index in [9.17, 15) is 8.42 Å². The lowest BCUT2D eigenvalue weighted by molar-refractivity contribution is 0.581. The van der Waals surface area contributed by atoms with Crippen molar-refractivity contribution in [3.63, 3.8) is 0 Å². The molecule has 0 amide bonds. The Kier molecular flexibility index (Phi) is 5.11. The zero-order valence-electron chi connectivity index (χ0n) is 11.2. The molecule has 108 valence electrons. The number of aromatic nitrogens is 1. The van der Waals surface area contributed by atoms with E-state index in [2.05, 4.69) is 15.0 Å². The molecule has 2 rings (SSSR count). The van der Waals surface area contributed by atoms with Gasteiger partial charge in [-0.15, -0.1) is 11.3 Å². The maximum absolute atomic E-state index is 12.3. The second-order valence-corrected chi connectivity index (χ2v) is 6.89. The smallest absolute Gasteiger partial charge is 0.243 e. The van der Waals surface area contributed by atoms with Gasteiger partial charge in [0.05, 0.1) is 12.2 Å². The van der Waals surface area contributed by atoms with Gasteiger partial charge in [0.15, 0.2) is 0 Å². The molecule has 0 spiro atoms. The van der Waals surface area contributed by atoms with Gasteiger partial charge < -0.3 is 5.32 Å². The molecule has 0 saturated carbocycles. The van der Waals surface area contributed by atoms with E-state index in [4.69, 9.17) is 0 Å². The van der Waals surface area contributed by atoms with Crippen molar-refractivity contribution in [3.8, 4) is 0 Å². The van der Waals surface area contributed by atoms with Gasteiger partial charge in [-0.25, -0.2) is 18.1 Å². The molecule has 2 N–H and O–H groups in total. The summed E-state index contributed by atoms with van der Waals surface area (Å²) in [5, 5.41) is 5.69. The summed E-state index contributed by atoms with van der Waals surface area (Å²) in [6.45, 7) is 2.98. The van der Waals surface area contributed by atoms with Crippen LogP contribution >= 0.6 is 11.3 Å². The van der Waals surface area contributed by atoms with E-state index in [1.165, 1.54) is 11.3 Å². The summed E-state index contributed by atoms with van der Waals surface area (Å²) >= 11 is 1.42. The highest BCUT2D eigenvalue weighted by Crippen LogP contribution is 2.21. The van der Waals surface area contributed by atoms with Crippen molar-refractivity contribution in [2.75, 3.05) is 11.9 Å². The van der Waals surface area contributed by atoms with Crippen LogP contribution in [0.3, 0.4) is 0 Å². The largest absolute Gasteiger partial charge is 0.384 e. The molecule has 0 bridgehead atoms. The fourth-order valence-corrected chi connectivity index (χ4v) is 3.50. The molecule has 1 aromatic heterocycles. The van der Waals surface area contributed by atoms with Crippen LogP contribution < -0.4 is 10.0 Å². The van der Waals surface area contributed by atoms with E-state index >= 15 is 0 Å². The Labute approximate surface area is 123 Å². The molecule has 0 aliphatic heterocycles. The minimum Gasteiger partial charge on any atom is -0.384 e. The molecule has 5 nitrogen and oxygen atoms in total. The summed E-state index contributed by atoms with van der Waals surface area (Å²) in [4.78, 5) is 4.33. The molecular formula is C13H17N3O2S2. The zero-order valence-corrected chi connectivity index (χ0v) is 12.8. The fourth-order valence-electron chi connectivity index (χ4n) is 1.68. The van der Waals surface area contributed by atoms with Crippen LogP contribution in [0, 0.1) is 0 Å². The topological polar surface area (TPSA) is 71.1 Å². The normalized spacial score (nSPS) is 11.4. The summed E-state index contributed by atoms with van der Waals surface area (Å²) < 4.78 is 27.2. The summed E-state index contributed by atoms with van der Waals surface area (Å²) in [6, 6.07) is 6.91. The first-order valence-electron chi connectivity index (χ1n) is 6.34. The third kappa shape index (κ3) is 3.78. The van der Waals surface area contributed by atoms with Crippen molar-refractivity contribution in [1.29, 1.82) is 0 Å². The molecule has 0 radical (unpaired) electrons. The van der Waals surface area contributed by atoms with Gasteiger partial charge in [-0.1, -0.05) is 19.1 Å². The van der Waals surface area contributed by atoms with Gasteiger partial charge in [0, 0.05) is 18.1 Å². The second-order valence-electron chi connectivity index (χ2n) is 4.17. The Morgan fingerprint density at radius 1 is 1.30 bits per heavy atom. The van der Waals surface area contributed by atoms with Gasteiger partial charge in [0.2, 0.25) is 10.0 Å². The van der Waals surface area contributed by atoms with Crippen molar-refractivity contribution in [2.24, 2.45) is 0 Å². The van der Waals surface area contributed by atoms with Crippen LogP contribution in [0.15, 0.2) is 40.7 Å². The lowest BCUT2D eigenvalue weighted by Crippen LogP contribution is -2.24. The number of anilines is 1. The average Bonchev–Trinajstić information content (AvgIpc) is 2.97. The van der Waals surface area contributed by atoms with Crippen LogP contribution in [-0.2, 0) is 16.6 Å². The molecule has 0 saturated heterocycles. The first-order valence-corrected chi connectivity index (χ1v) is 8.70. The van der Waals surface area contributed by atoms with Crippen molar-refractivity contribution >= 4 is 27.0 Å². The number of hydrogen-bond acceptors (Lipinski definition) is 5. The molecule has 1 heterocycles. The first kappa shape index (κ1) is 15.0. The molecule has 0 atom stereocenters. The number of benzene rings is 1. The molecule has 7 heteroatoms. The number of sulfonamides is 1. The molecule has 0 aliphatic carbocycles. The van der Waals surface area contributed by atoms with Crippen LogP contribution in [0.25, 0.3) is 0 Å². The lowest BCUT2D eigenvalue weighted by atomic mass is 10.3. The predicted molar refractivity (Wildman–Crippen MR) is 81.4 cm³/mol. The van der Waals surface area contributed by atoms with Gasteiger partial charge >= 0.3 is 0 Å². The molecular weight excluding hydrogens is 294 g/mol. The highest BCUT2D eigenvalue weighted by molar-refractivity contribution is 7.89. The maximum atomic E-state index is 12.3. The number of rotatable bonds is 7. The van der Waals surface area contributed by atoms with Crippen LogP contribution in [-0.4, -0.2) is 19.9 Å². The van der Waals surface area contributed by atoms with Crippen molar-refractivity contribution < 1.29 is 8.42 Å². The van der Waals surface area contributed by atoms with Gasteiger partial charge in [0.25, 0.3) is 0 Å². The van der Waals surface area contributed by atoms with Crippen molar-refractivity contribution in [2.45, 2.75) is 24.8 Å². The van der Waals surface area contributed by atoms with E-state index in [1.54, 1.807) is 24.4 Å². The van der Waals surface area contributed by atoms with E-state index < -0.39 is 10.0 Å². The standard InChI is InChI=1S/C13H17N3O2S2/c1-2-7-14-11-5-3-4-6-12(11)20(17,18)16-10-13-15-8-9-19-13/h3-6,8-9,14,16H,2,7,10H2,1H3. The highest BCUT2D eigenvalue weighted by atomic mass is 32.2. The SMILES string of the molecule is CCCNc1ccccc1S(=O)(=O)NCc1nccs1. The third-order valence-electron chi connectivity index (χ3n) is 2.64. The Balaban J connectivity index is 2.16. The molecule has 0 fully saturated rings. The van der Waals surface area contributed by atoms with Crippen LogP contribution in [0.1, 0.15) is 18.4 Å². The minimum atomic E-state index is -3.54. The van der Waals surface area contributed by atoms with E-state index in [-0.39, 0.29) is 11.4 Å². The Bertz CT molecular complexity index is 639. The van der Waals surface area contributed by atoms with Crippen LogP contribution in [0.4, 0.5) is 5.69 Å². The summed E-state index contributed by atoms with van der Waals surface area (Å²) in [5.74, 6) is 0. The molecule has 2 aromatic rings.